The fourth-order valence-electron chi connectivity index (χ4n) is 2.27. The number of urea groups is 1. The van der Waals surface area contributed by atoms with Crippen LogP contribution in [0.2, 0.25) is 0 Å². The van der Waals surface area contributed by atoms with E-state index in [2.05, 4.69) is 20.6 Å². The Hall–Kier alpha value is -3.75. The number of para-hydroxylation sites is 2. The van der Waals surface area contributed by atoms with Gasteiger partial charge in [0.25, 0.3) is 5.69 Å². The van der Waals surface area contributed by atoms with Gasteiger partial charge in [0.1, 0.15) is 17.8 Å². The predicted octanol–water partition coefficient (Wildman–Crippen LogP) is 2.50. The number of amides is 2. The third kappa shape index (κ3) is 3.78. The molecule has 2 N–H and O–H groups in total. The van der Waals surface area contributed by atoms with Crippen LogP contribution in [0.5, 0.6) is 0 Å². The fourth-order valence-corrected chi connectivity index (χ4v) is 2.27. The second kappa shape index (κ2) is 7.21. The first-order valence-electron chi connectivity index (χ1n) is 7.35. The number of nitro benzene ring substituents is 1. The highest BCUT2D eigenvalue weighted by Gasteiger charge is 2.15. The van der Waals surface area contributed by atoms with Gasteiger partial charge in [-0.15, -0.1) is 0 Å². The lowest BCUT2D eigenvalue weighted by molar-refractivity contribution is -0.383. The zero-order valence-corrected chi connectivity index (χ0v) is 13.0. The van der Waals surface area contributed by atoms with E-state index in [9.17, 15) is 14.9 Å². The Morgan fingerprint density at radius 1 is 1.20 bits per heavy atom. The van der Waals surface area contributed by atoms with Crippen LogP contribution < -0.4 is 10.6 Å². The average molecular weight is 338 g/mol. The van der Waals surface area contributed by atoms with Gasteiger partial charge in [-0.25, -0.2) is 14.8 Å². The molecule has 0 aliphatic carbocycles. The van der Waals surface area contributed by atoms with E-state index in [0.29, 0.717) is 5.82 Å². The van der Waals surface area contributed by atoms with Gasteiger partial charge >= 0.3 is 6.03 Å². The van der Waals surface area contributed by atoms with E-state index in [0.717, 1.165) is 5.56 Å². The highest BCUT2D eigenvalue weighted by Crippen LogP contribution is 2.22. The molecule has 3 aromatic rings. The lowest BCUT2D eigenvalue weighted by Gasteiger charge is -2.11. The summed E-state index contributed by atoms with van der Waals surface area (Å²) in [6.45, 7) is 0.202. The molecule has 0 fully saturated rings. The molecule has 0 unspecified atom stereocenters. The van der Waals surface area contributed by atoms with Gasteiger partial charge in [-0.1, -0.05) is 18.2 Å². The number of carbonyl (C=O) groups is 1. The van der Waals surface area contributed by atoms with Gasteiger partial charge in [0.15, 0.2) is 0 Å². The first-order valence-corrected chi connectivity index (χ1v) is 7.35. The molecule has 3 rings (SSSR count). The van der Waals surface area contributed by atoms with Crippen molar-refractivity contribution in [2.24, 2.45) is 0 Å². The second-order valence-corrected chi connectivity index (χ2v) is 5.04. The zero-order valence-electron chi connectivity index (χ0n) is 13.0. The van der Waals surface area contributed by atoms with Crippen molar-refractivity contribution < 1.29 is 9.72 Å². The lowest BCUT2D eigenvalue weighted by atomic mass is 10.2. The maximum absolute atomic E-state index is 12.1. The summed E-state index contributed by atoms with van der Waals surface area (Å²) < 4.78 is 1.73. The Morgan fingerprint density at radius 3 is 2.80 bits per heavy atom. The number of nitrogens with one attached hydrogen (secondary N) is 2. The maximum Gasteiger partial charge on any atom is 0.319 e. The number of benzene rings is 1. The highest BCUT2D eigenvalue weighted by atomic mass is 16.6. The zero-order chi connectivity index (χ0) is 17.6. The summed E-state index contributed by atoms with van der Waals surface area (Å²) in [7, 11) is 0. The molecular weight excluding hydrogens is 324 g/mol. The van der Waals surface area contributed by atoms with Crippen molar-refractivity contribution >= 4 is 17.4 Å². The summed E-state index contributed by atoms with van der Waals surface area (Å²) in [4.78, 5) is 30.8. The predicted molar refractivity (Wildman–Crippen MR) is 90.3 cm³/mol. The number of aromatic nitrogens is 3. The number of carbonyl (C=O) groups excluding carboxylic acids is 1. The number of hydrogen-bond donors (Lipinski definition) is 2. The van der Waals surface area contributed by atoms with Gasteiger partial charge in [-0.3, -0.25) is 14.7 Å². The van der Waals surface area contributed by atoms with E-state index in [1.807, 2.05) is 6.07 Å². The van der Waals surface area contributed by atoms with Gasteiger partial charge in [-0.2, -0.15) is 0 Å². The number of nitro groups is 1. The van der Waals surface area contributed by atoms with Crippen LogP contribution in [0, 0.1) is 10.1 Å². The average Bonchev–Trinajstić information content (AvgIpc) is 3.15. The SMILES string of the molecule is O=C(NCc1cccnc1-n1ccnc1)Nc1ccccc1[N+](=O)[O-]. The molecule has 1 aromatic carbocycles. The topological polar surface area (TPSA) is 115 Å². The van der Waals surface area contributed by atoms with Crippen LogP contribution >= 0.6 is 0 Å². The Bertz CT molecular complexity index is 894. The molecule has 0 saturated carbocycles. The minimum atomic E-state index is -0.548. The number of nitrogens with zero attached hydrogens (tertiary/aromatic N) is 4. The normalized spacial score (nSPS) is 10.2. The summed E-state index contributed by atoms with van der Waals surface area (Å²) in [6, 6.07) is 8.99. The van der Waals surface area contributed by atoms with Crippen molar-refractivity contribution in [1.82, 2.24) is 19.9 Å². The third-order valence-corrected chi connectivity index (χ3v) is 3.40. The number of hydrogen-bond acceptors (Lipinski definition) is 5. The molecule has 2 heterocycles. The van der Waals surface area contributed by atoms with Crippen LogP contribution in [0.4, 0.5) is 16.2 Å². The highest BCUT2D eigenvalue weighted by molar-refractivity contribution is 5.91. The quantitative estimate of drug-likeness (QED) is 0.548. The molecule has 0 aliphatic heterocycles. The van der Waals surface area contributed by atoms with Crippen LogP contribution in [-0.4, -0.2) is 25.5 Å². The maximum atomic E-state index is 12.1. The number of imidazole rings is 1. The largest absolute Gasteiger partial charge is 0.334 e. The monoisotopic (exact) mass is 338 g/mol. The molecule has 9 heteroatoms. The molecule has 0 bridgehead atoms. The van der Waals surface area contributed by atoms with Crippen molar-refractivity contribution in [2.45, 2.75) is 6.54 Å². The van der Waals surface area contributed by atoms with Crippen molar-refractivity contribution in [3.63, 3.8) is 0 Å². The van der Waals surface area contributed by atoms with Crippen molar-refractivity contribution in [3.8, 4) is 5.82 Å². The standard InChI is InChI=1S/C16H14N6O3/c23-16(20-13-5-1-2-6-14(13)22(24)25)19-10-12-4-3-7-18-15(12)21-9-8-17-11-21/h1-9,11H,10H2,(H2,19,20,23). The smallest absolute Gasteiger partial charge is 0.319 e. The molecule has 9 nitrogen and oxygen atoms in total. The van der Waals surface area contributed by atoms with Gasteiger partial charge in [0.2, 0.25) is 0 Å². The molecule has 2 amide bonds. The van der Waals surface area contributed by atoms with Crippen LogP contribution in [0.3, 0.4) is 0 Å². The third-order valence-electron chi connectivity index (χ3n) is 3.40. The molecule has 126 valence electrons. The van der Waals surface area contributed by atoms with Crippen LogP contribution in [0.15, 0.2) is 61.3 Å². The molecule has 0 aliphatic rings. The Labute approximate surface area is 142 Å². The Balaban J connectivity index is 1.69. The minimum absolute atomic E-state index is 0.131. The van der Waals surface area contributed by atoms with Crippen LogP contribution in [-0.2, 0) is 6.54 Å². The van der Waals surface area contributed by atoms with Gasteiger partial charge < -0.3 is 10.6 Å². The summed E-state index contributed by atoms with van der Waals surface area (Å²) in [5.74, 6) is 0.644. The van der Waals surface area contributed by atoms with E-state index >= 15 is 0 Å². The molecular formula is C16H14N6O3. The molecule has 0 saturated heterocycles. The molecule has 0 atom stereocenters. The summed E-state index contributed by atoms with van der Waals surface area (Å²) in [5.41, 5.74) is 0.738. The fraction of sp³-hybridized carbons (Fsp3) is 0.0625. The van der Waals surface area contributed by atoms with E-state index in [-0.39, 0.29) is 17.9 Å². The van der Waals surface area contributed by atoms with E-state index in [4.69, 9.17) is 0 Å². The Kier molecular flexibility index (Phi) is 4.65. The van der Waals surface area contributed by atoms with Crippen molar-refractivity contribution in [3.05, 3.63) is 77.0 Å². The molecule has 2 aromatic heterocycles. The minimum Gasteiger partial charge on any atom is -0.334 e. The Morgan fingerprint density at radius 2 is 2.04 bits per heavy atom. The van der Waals surface area contributed by atoms with Crippen molar-refractivity contribution in [1.29, 1.82) is 0 Å². The van der Waals surface area contributed by atoms with E-state index in [1.165, 1.54) is 18.2 Å². The first-order chi connectivity index (χ1) is 12.1. The number of rotatable bonds is 5. The van der Waals surface area contributed by atoms with Gasteiger partial charge in [-0.05, 0) is 12.1 Å². The molecule has 25 heavy (non-hydrogen) atoms. The van der Waals surface area contributed by atoms with Crippen molar-refractivity contribution in [2.75, 3.05) is 5.32 Å². The number of pyridine rings is 1. The second-order valence-electron chi connectivity index (χ2n) is 5.04. The lowest BCUT2D eigenvalue weighted by Crippen LogP contribution is -2.29. The summed E-state index contributed by atoms with van der Waals surface area (Å²) in [6.07, 6.45) is 6.64. The molecule has 0 radical (unpaired) electrons. The van der Waals surface area contributed by atoms with E-state index < -0.39 is 11.0 Å². The van der Waals surface area contributed by atoms with Crippen LogP contribution in [0.25, 0.3) is 5.82 Å². The molecule has 0 spiro atoms. The van der Waals surface area contributed by atoms with Gasteiger partial charge in [0, 0.05) is 36.8 Å². The first kappa shape index (κ1) is 16.1. The number of anilines is 1. The van der Waals surface area contributed by atoms with E-state index in [1.54, 1.807) is 41.6 Å². The summed E-state index contributed by atoms with van der Waals surface area (Å²) >= 11 is 0. The van der Waals surface area contributed by atoms with Gasteiger partial charge in [0.05, 0.1) is 4.92 Å². The van der Waals surface area contributed by atoms with Crippen LogP contribution in [0.1, 0.15) is 5.56 Å². The summed E-state index contributed by atoms with van der Waals surface area (Å²) in [5, 5.41) is 16.1.